The van der Waals surface area contributed by atoms with Crippen LogP contribution in [0.25, 0.3) is 0 Å². The highest BCUT2D eigenvalue weighted by Gasteiger charge is 2.19. The first-order valence-electron chi connectivity index (χ1n) is 4.63. The number of halogens is 2. The van der Waals surface area contributed by atoms with E-state index >= 15 is 0 Å². The molecule has 0 amide bonds. The Morgan fingerprint density at radius 3 is 2.62 bits per heavy atom. The van der Waals surface area contributed by atoms with Crippen molar-refractivity contribution in [2.45, 2.75) is 6.04 Å². The van der Waals surface area contributed by atoms with Crippen LogP contribution in [0.3, 0.4) is 0 Å². The largest absolute Gasteiger partial charge is 0.319 e. The fourth-order valence-electron chi connectivity index (χ4n) is 1.56. The monoisotopic (exact) mass is 256 g/mol. The number of aromatic nitrogens is 3. The van der Waals surface area contributed by atoms with Crippen molar-refractivity contribution in [3.63, 3.8) is 0 Å². The van der Waals surface area contributed by atoms with Gasteiger partial charge in [0.2, 0.25) is 0 Å². The molecule has 2 N–H and O–H groups in total. The van der Waals surface area contributed by atoms with Crippen molar-refractivity contribution >= 4 is 23.2 Å². The van der Waals surface area contributed by atoms with Gasteiger partial charge in [-0.05, 0) is 11.6 Å². The van der Waals surface area contributed by atoms with Gasteiger partial charge >= 0.3 is 0 Å². The topological polar surface area (TPSA) is 56.7 Å². The number of aryl methyl sites for hydroxylation is 1. The van der Waals surface area contributed by atoms with E-state index in [1.54, 1.807) is 36.4 Å². The van der Waals surface area contributed by atoms with Gasteiger partial charge in [-0.25, -0.2) is 0 Å². The van der Waals surface area contributed by atoms with Crippen molar-refractivity contribution in [1.29, 1.82) is 0 Å². The Kier molecular flexibility index (Phi) is 3.14. The second kappa shape index (κ2) is 4.41. The van der Waals surface area contributed by atoms with Crippen LogP contribution in [0.2, 0.25) is 10.0 Å². The molecular formula is C10H10Cl2N4. The Hall–Kier alpha value is -1.10. The molecular weight excluding hydrogens is 247 g/mol. The fraction of sp³-hybridized carbons (Fsp3) is 0.200. The summed E-state index contributed by atoms with van der Waals surface area (Å²) in [6.45, 7) is 0. The van der Waals surface area contributed by atoms with Crippen LogP contribution < -0.4 is 5.73 Å². The second-order valence-corrected chi connectivity index (χ2v) is 4.19. The van der Waals surface area contributed by atoms with Gasteiger partial charge in [-0.15, -0.1) is 0 Å². The lowest BCUT2D eigenvalue weighted by Gasteiger charge is -2.14. The zero-order chi connectivity index (χ0) is 11.7. The molecule has 1 atom stereocenters. The van der Waals surface area contributed by atoms with Crippen LogP contribution in [0.1, 0.15) is 17.3 Å². The zero-order valence-corrected chi connectivity index (χ0v) is 10.1. The minimum Gasteiger partial charge on any atom is -0.319 e. The number of nitrogens with two attached hydrogens (primary N) is 1. The van der Waals surface area contributed by atoms with Crippen molar-refractivity contribution in [1.82, 2.24) is 14.8 Å². The van der Waals surface area contributed by atoms with Crippen molar-refractivity contribution in [3.8, 4) is 0 Å². The summed E-state index contributed by atoms with van der Waals surface area (Å²) < 4.78 is 1.64. The molecule has 0 bridgehead atoms. The molecule has 1 unspecified atom stereocenters. The highest BCUT2D eigenvalue weighted by atomic mass is 35.5. The van der Waals surface area contributed by atoms with Crippen molar-refractivity contribution < 1.29 is 0 Å². The molecule has 0 aromatic carbocycles. The fourth-order valence-corrected chi connectivity index (χ4v) is 2.08. The third-order valence-electron chi connectivity index (χ3n) is 2.37. The first kappa shape index (κ1) is 11.4. The molecule has 0 saturated carbocycles. The minimum absolute atomic E-state index is 0.407. The molecule has 16 heavy (non-hydrogen) atoms. The third-order valence-corrected chi connectivity index (χ3v) is 2.98. The summed E-state index contributed by atoms with van der Waals surface area (Å²) in [7, 11) is 1.79. The smallest absolute Gasteiger partial charge is 0.0837 e. The van der Waals surface area contributed by atoms with E-state index in [4.69, 9.17) is 28.9 Å². The quantitative estimate of drug-likeness (QED) is 0.896. The van der Waals surface area contributed by atoms with E-state index < -0.39 is 6.04 Å². The summed E-state index contributed by atoms with van der Waals surface area (Å²) in [5.74, 6) is 0. The van der Waals surface area contributed by atoms with Crippen LogP contribution in [-0.2, 0) is 7.05 Å². The van der Waals surface area contributed by atoms with E-state index in [-0.39, 0.29) is 0 Å². The normalized spacial score (nSPS) is 12.8. The van der Waals surface area contributed by atoms with Gasteiger partial charge in [0.05, 0.1) is 28.0 Å². The number of rotatable bonds is 2. The van der Waals surface area contributed by atoms with Gasteiger partial charge in [-0.2, -0.15) is 5.10 Å². The molecule has 6 heteroatoms. The molecule has 2 heterocycles. The summed E-state index contributed by atoms with van der Waals surface area (Å²) in [6.07, 6.45) is 4.76. The van der Waals surface area contributed by atoms with Gasteiger partial charge in [0.1, 0.15) is 0 Å². The SMILES string of the molecule is Cn1ncc(Cl)c1C(N)c1ccncc1Cl. The molecule has 0 spiro atoms. The summed E-state index contributed by atoms with van der Waals surface area (Å²) >= 11 is 12.0. The Bertz CT molecular complexity index is 490. The average Bonchev–Trinajstić information content (AvgIpc) is 2.58. The predicted molar refractivity (Wildman–Crippen MR) is 63.5 cm³/mol. The average molecular weight is 257 g/mol. The number of hydrogen-bond acceptors (Lipinski definition) is 3. The van der Waals surface area contributed by atoms with Gasteiger partial charge in [0.25, 0.3) is 0 Å². The lowest BCUT2D eigenvalue weighted by Crippen LogP contribution is -2.16. The molecule has 84 valence electrons. The van der Waals surface area contributed by atoms with Crippen LogP contribution in [0.4, 0.5) is 0 Å². The van der Waals surface area contributed by atoms with Crippen molar-refractivity contribution in [2.24, 2.45) is 12.8 Å². The van der Waals surface area contributed by atoms with Gasteiger partial charge in [-0.3, -0.25) is 9.67 Å². The van der Waals surface area contributed by atoms with Crippen LogP contribution in [0.15, 0.2) is 24.7 Å². The molecule has 0 aliphatic rings. The van der Waals surface area contributed by atoms with E-state index in [2.05, 4.69) is 10.1 Å². The minimum atomic E-state index is -0.407. The van der Waals surface area contributed by atoms with E-state index in [0.29, 0.717) is 10.0 Å². The van der Waals surface area contributed by atoms with E-state index in [0.717, 1.165) is 11.3 Å². The first-order chi connectivity index (χ1) is 7.61. The van der Waals surface area contributed by atoms with E-state index in [1.807, 2.05) is 0 Å². The summed E-state index contributed by atoms with van der Waals surface area (Å²) in [5, 5.41) is 5.09. The van der Waals surface area contributed by atoms with E-state index in [1.165, 1.54) is 0 Å². The predicted octanol–water partition coefficient (Wildman–Crippen LogP) is 2.17. The molecule has 0 aliphatic heterocycles. The lowest BCUT2D eigenvalue weighted by atomic mass is 10.1. The summed E-state index contributed by atoms with van der Waals surface area (Å²) in [4.78, 5) is 3.91. The molecule has 0 radical (unpaired) electrons. The van der Waals surface area contributed by atoms with Gasteiger partial charge < -0.3 is 5.73 Å². The number of pyridine rings is 1. The first-order valence-corrected chi connectivity index (χ1v) is 5.39. The van der Waals surface area contributed by atoms with Gasteiger partial charge in [0, 0.05) is 19.4 Å². The Labute approximate surface area is 103 Å². The molecule has 0 fully saturated rings. The maximum Gasteiger partial charge on any atom is 0.0837 e. The number of nitrogens with zero attached hydrogens (tertiary/aromatic N) is 3. The molecule has 2 rings (SSSR count). The molecule has 4 nitrogen and oxygen atoms in total. The van der Waals surface area contributed by atoms with Crippen LogP contribution in [-0.4, -0.2) is 14.8 Å². The molecule has 0 saturated heterocycles. The van der Waals surface area contributed by atoms with E-state index in [9.17, 15) is 0 Å². The van der Waals surface area contributed by atoms with Gasteiger partial charge in [0.15, 0.2) is 0 Å². The highest BCUT2D eigenvalue weighted by Crippen LogP contribution is 2.29. The highest BCUT2D eigenvalue weighted by molar-refractivity contribution is 6.32. The summed E-state index contributed by atoms with van der Waals surface area (Å²) in [6, 6.07) is 1.37. The Morgan fingerprint density at radius 2 is 2.06 bits per heavy atom. The summed E-state index contributed by atoms with van der Waals surface area (Å²) in [5.41, 5.74) is 7.62. The Morgan fingerprint density at radius 1 is 1.31 bits per heavy atom. The van der Waals surface area contributed by atoms with Crippen LogP contribution in [0.5, 0.6) is 0 Å². The van der Waals surface area contributed by atoms with Crippen molar-refractivity contribution in [2.75, 3.05) is 0 Å². The van der Waals surface area contributed by atoms with Crippen LogP contribution in [0, 0.1) is 0 Å². The molecule has 0 aliphatic carbocycles. The molecule has 2 aromatic rings. The van der Waals surface area contributed by atoms with Crippen molar-refractivity contribution in [3.05, 3.63) is 46.0 Å². The Balaban J connectivity index is 2.47. The third kappa shape index (κ3) is 1.91. The molecule has 2 aromatic heterocycles. The number of hydrogen-bond donors (Lipinski definition) is 1. The van der Waals surface area contributed by atoms with Crippen LogP contribution >= 0.6 is 23.2 Å². The second-order valence-electron chi connectivity index (χ2n) is 3.38. The maximum atomic E-state index is 6.11. The maximum absolute atomic E-state index is 6.11. The zero-order valence-electron chi connectivity index (χ0n) is 8.56. The lowest BCUT2D eigenvalue weighted by molar-refractivity contribution is 0.673. The van der Waals surface area contributed by atoms with Gasteiger partial charge in [-0.1, -0.05) is 23.2 Å². The standard InChI is InChI=1S/C10H10Cl2N4/c1-16-10(8(12)5-15-16)9(13)6-2-3-14-4-7(6)11/h2-5,9H,13H2,1H3.